The highest BCUT2D eigenvalue weighted by atomic mass is 16.4. The number of carboxylic acid groups (broad SMARTS) is 1. The zero-order valence-corrected chi connectivity index (χ0v) is 13.3. The van der Waals surface area contributed by atoms with Crippen LogP contribution in [0.3, 0.4) is 0 Å². The third-order valence-corrected chi connectivity index (χ3v) is 4.41. The minimum atomic E-state index is -0.857. The van der Waals surface area contributed by atoms with Crippen LogP contribution in [0.1, 0.15) is 32.1 Å². The molecule has 1 fully saturated rings. The maximum Gasteiger partial charge on any atom is 0.350 e. The first-order valence-corrected chi connectivity index (χ1v) is 8.12. The van der Waals surface area contributed by atoms with Crippen molar-refractivity contribution >= 4 is 17.5 Å². The maximum atomic E-state index is 12.6. The lowest BCUT2D eigenvalue weighted by molar-refractivity contribution is -0.140. The van der Waals surface area contributed by atoms with Gasteiger partial charge in [-0.05, 0) is 37.8 Å². The van der Waals surface area contributed by atoms with Crippen molar-refractivity contribution < 1.29 is 14.7 Å². The van der Waals surface area contributed by atoms with Gasteiger partial charge < -0.3 is 10.0 Å². The van der Waals surface area contributed by atoms with E-state index in [1.54, 1.807) is 29.3 Å². The number of hydrogen-bond donors (Lipinski definition) is 1. The number of likely N-dealkylation sites (tertiary alicyclic amines) is 1. The maximum absolute atomic E-state index is 12.6. The molecule has 128 valence electrons. The molecule has 0 bridgehead atoms. The van der Waals surface area contributed by atoms with Gasteiger partial charge in [0, 0.05) is 25.2 Å². The molecular formula is C16H20N4O4. The van der Waals surface area contributed by atoms with E-state index in [-0.39, 0.29) is 30.6 Å². The molecule has 1 unspecified atom stereocenters. The lowest BCUT2D eigenvalue weighted by Gasteiger charge is -2.35. The van der Waals surface area contributed by atoms with Gasteiger partial charge in [0.2, 0.25) is 5.91 Å². The molecule has 1 N–H and O–H groups in total. The van der Waals surface area contributed by atoms with Crippen LogP contribution in [0.4, 0.5) is 0 Å². The number of aromatic nitrogens is 3. The molecule has 3 heterocycles. The second-order valence-electron chi connectivity index (χ2n) is 6.04. The number of nitrogens with zero attached hydrogens (tertiary/aromatic N) is 4. The van der Waals surface area contributed by atoms with Crippen LogP contribution < -0.4 is 5.69 Å². The summed E-state index contributed by atoms with van der Waals surface area (Å²) in [7, 11) is 0. The van der Waals surface area contributed by atoms with Crippen molar-refractivity contribution in [1.29, 1.82) is 0 Å². The van der Waals surface area contributed by atoms with Crippen LogP contribution in [0.2, 0.25) is 0 Å². The average Bonchev–Trinajstić information content (AvgIpc) is 2.89. The summed E-state index contributed by atoms with van der Waals surface area (Å²) in [6.45, 7) is 0.481. The van der Waals surface area contributed by atoms with E-state index in [4.69, 9.17) is 5.11 Å². The molecule has 0 aromatic carbocycles. The predicted molar refractivity (Wildman–Crippen MR) is 85.7 cm³/mol. The zero-order valence-electron chi connectivity index (χ0n) is 13.3. The number of fused-ring (bicyclic) bond motifs is 1. The summed E-state index contributed by atoms with van der Waals surface area (Å²) in [6, 6.07) is 5.14. The first kappa shape index (κ1) is 16.2. The fraction of sp³-hybridized carbons (Fsp3) is 0.500. The first-order chi connectivity index (χ1) is 11.6. The van der Waals surface area contributed by atoms with Gasteiger partial charge in [0.15, 0.2) is 5.65 Å². The standard InChI is InChI=1S/C16H20N4O4/c21-14(18-9-3-1-5-12(18)7-8-15(22)23)11-20-16(24)19-10-4-2-6-13(19)17-20/h2,4,6,10,12H,1,3,5,7-9,11H2,(H,22,23). The fourth-order valence-electron chi connectivity index (χ4n) is 3.21. The molecule has 0 aliphatic carbocycles. The molecule has 0 spiro atoms. The summed E-state index contributed by atoms with van der Waals surface area (Å²) in [5, 5.41) is 13.0. The molecule has 1 amide bonds. The Morgan fingerprint density at radius 3 is 2.88 bits per heavy atom. The Morgan fingerprint density at radius 2 is 2.12 bits per heavy atom. The summed E-state index contributed by atoms with van der Waals surface area (Å²) in [5.74, 6) is -1.04. The molecule has 2 aromatic rings. The fourth-order valence-corrected chi connectivity index (χ4v) is 3.21. The number of rotatable bonds is 5. The second kappa shape index (κ2) is 6.86. The quantitative estimate of drug-likeness (QED) is 0.871. The number of carbonyl (C=O) groups is 2. The van der Waals surface area contributed by atoms with Crippen molar-refractivity contribution in [3.63, 3.8) is 0 Å². The molecular weight excluding hydrogens is 312 g/mol. The summed E-state index contributed by atoms with van der Waals surface area (Å²) in [6.07, 6.45) is 4.79. The normalized spacial score (nSPS) is 18.0. The van der Waals surface area contributed by atoms with Crippen molar-refractivity contribution in [2.24, 2.45) is 0 Å². The second-order valence-corrected chi connectivity index (χ2v) is 6.04. The van der Waals surface area contributed by atoms with E-state index in [9.17, 15) is 14.4 Å². The van der Waals surface area contributed by atoms with Gasteiger partial charge in [-0.25, -0.2) is 9.48 Å². The number of hydrogen-bond acceptors (Lipinski definition) is 4. The number of piperidine rings is 1. The summed E-state index contributed by atoms with van der Waals surface area (Å²) < 4.78 is 2.56. The number of amides is 1. The molecule has 1 aliphatic rings. The Balaban J connectivity index is 1.75. The number of carbonyl (C=O) groups excluding carboxylic acids is 1. The molecule has 1 aliphatic heterocycles. The highest BCUT2D eigenvalue weighted by Crippen LogP contribution is 2.21. The van der Waals surface area contributed by atoms with Crippen LogP contribution >= 0.6 is 0 Å². The molecule has 0 saturated carbocycles. The molecule has 1 saturated heterocycles. The van der Waals surface area contributed by atoms with E-state index in [0.29, 0.717) is 18.6 Å². The Labute approximate surface area is 138 Å². The van der Waals surface area contributed by atoms with Crippen LogP contribution in [0.5, 0.6) is 0 Å². The van der Waals surface area contributed by atoms with Crippen LogP contribution in [0.15, 0.2) is 29.2 Å². The van der Waals surface area contributed by atoms with Gasteiger partial charge in [0.25, 0.3) is 0 Å². The number of aliphatic carboxylic acids is 1. The van der Waals surface area contributed by atoms with E-state index < -0.39 is 5.97 Å². The monoisotopic (exact) mass is 332 g/mol. The SMILES string of the molecule is O=C(O)CCC1CCCCN1C(=O)Cn1nc2ccccn2c1=O. The van der Waals surface area contributed by atoms with E-state index >= 15 is 0 Å². The van der Waals surface area contributed by atoms with Crippen LogP contribution in [-0.2, 0) is 16.1 Å². The molecule has 24 heavy (non-hydrogen) atoms. The highest BCUT2D eigenvalue weighted by molar-refractivity contribution is 5.76. The molecule has 0 radical (unpaired) electrons. The van der Waals surface area contributed by atoms with Crippen molar-refractivity contribution in [1.82, 2.24) is 19.1 Å². The Kier molecular flexibility index (Phi) is 4.64. The van der Waals surface area contributed by atoms with Crippen molar-refractivity contribution in [3.05, 3.63) is 34.9 Å². The lowest BCUT2D eigenvalue weighted by atomic mass is 9.98. The molecule has 3 rings (SSSR count). The Bertz CT molecular complexity index is 810. The van der Waals surface area contributed by atoms with Gasteiger partial charge in [-0.15, -0.1) is 5.10 Å². The van der Waals surface area contributed by atoms with Gasteiger partial charge in [-0.2, -0.15) is 0 Å². The number of carboxylic acids is 1. The minimum absolute atomic E-state index is 0.0444. The Hall–Kier alpha value is -2.64. The van der Waals surface area contributed by atoms with Crippen LogP contribution in [-0.4, -0.2) is 48.7 Å². The smallest absolute Gasteiger partial charge is 0.350 e. The summed E-state index contributed by atoms with van der Waals surface area (Å²) in [5.41, 5.74) is 0.148. The molecule has 8 heteroatoms. The van der Waals surface area contributed by atoms with E-state index in [2.05, 4.69) is 5.10 Å². The summed E-state index contributed by atoms with van der Waals surface area (Å²) in [4.78, 5) is 37.4. The van der Waals surface area contributed by atoms with Crippen molar-refractivity contribution in [2.45, 2.75) is 44.7 Å². The van der Waals surface area contributed by atoms with Gasteiger partial charge in [-0.1, -0.05) is 6.07 Å². The van der Waals surface area contributed by atoms with Gasteiger partial charge >= 0.3 is 11.7 Å². The molecule has 8 nitrogen and oxygen atoms in total. The highest BCUT2D eigenvalue weighted by Gasteiger charge is 2.27. The zero-order chi connectivity index (χ0) is 17.1. The largest absolute Gasteiger partial charge is 0.481 e. The van der Waals surface area contributed by atoms with Crippen molar-refractivity contribution in [3.8, 4) is 0 Å². The number of pyridine rings is 1. The lowest BCUT2D eigenvalue weighted by Crippen LogP contribution is -2.46. The van der Waals surface area contributed by atoms with E-state index in [1.165, 1.54) is 9.08 Å². The Morgan fingerprint density at radius 1 is 1.29 bits per heavy atom. The van der Waals surface area contributed by atoms with E-state index in [0.717, 1.165) is 19.3 Å². The van der Waals surface area contributed by atoms with Gasteiger partial charge in [0.1, 0.15) is 6.54 Å². The predicted octanol–water partition coefficient (Wildman–Crippen LogP) is 0.742. The average molecular weight is 332 g/mol. The third kappa shape index (κ3) is 3.32. The van der Waals surface area contributed by atoms with Crippen LogP contribution in [0, 0.1) is 0 Å². The van der Waals surface area contributed by atoms with Crippen molar-refractivity contribution in [2.75, 3.05) is 6.54 Å². The van der Waals surface area contributed by atoms with Crippen LogP contribution in [0.25, 0.3) is 5.65 Å². The molecule has 1 atom stereocenters. The topological polar surface area (TPSA) is 96.9 Å². The van der Waals surface area contributed by atoms with E-state index in [1.807, 2.05) is 0 Å². The third-order valence-electron chi connectivity index (χ3n) is 4.41. The van der Waals surface area contributed by atoms with Gasteiger partial charge in [-0.3, -0.25) is 14.0 Å². The molecule has 2 aromatic heterocycles. The van der Waals surface area contributed by atoms with Gasteiger partial charge in [0.05, 0.1) is 0 Å². The summed E-state index contributed by atoms with van der Waals surface area (Å²) >= 11 is 0. The minimum Gasteiger partial charge on any atom is -0.481 e. The first-order valence-electron chi connectivity index (χ1n) is 8.12.